The van der Waals surface area contributed by atoms with Gasteiger partial charge in [0, 0.05) is 44.0 Å². The maximum absolute atomic E-state index is 15.7. The number of halogens is 1. The van der Waals surface area contributed by atoms with Crippen molar-refractivity contribution in [3.8, 4) is 11.5 Å². The Balaban J connectivity index is 1.02. The summed E-state index contributed by atoms with van der Waals surface area (Å²) in [4.78, 5) is 28.1. The normalized spacial score (nSPS) is 14.1. The largest absolute Gasteiger partial charge is 0.532 e. The zero-order chi connectivity index (χ0) is 43.0. The number of anilines is 1. The number of carbonyl (C=O) groups excluding carboxylic acids is 2. The molecule has 4 amide bonds. The number of benzene rings is 4. The molecule has 5 N–H and O–H groups in total. The molecule has 0 bridgehead atoms. The van der Waals surface area contributed by atoms with E-state index in [9.17, 15) is 14.7 Å². The molecule has 12 heteroatoms. The Labute approximate surface area is 357 Å². The van der Waals surface area contributed by atoms with Crippen molar-refractivity contribution in [3.63, 3.8) is 0 Å². The molecular weight excluding hydrogens is 774 g/mol. The van der Waals surface area contributed by atoms with Gasteiger partial charge in [0.1, 0.15) is 24.2 Å². The lowest BCUT2D eigenvalue weighted by Gasteiger charge is -2.43. The number of hydrogen-bond acceptors (Lipinski definition) is 7. The van der Waals surface area contributed by atoms with Crippen molar-refractivity contribution in [2.75, 3.05) is 44.6 Å². The molecule has 5 rings (SSSR count). The molecule has 0 aromatic heterocycles. The summed E-state index contributed by atoms with van der Waals surface area (Å²) >= 11 is 0. The number of primary amides is 1. The summed E-state index contributed by atoms with van der Waals surface area (Å²) in [7, 11) is -3.00. The molecule has 324 valence electrons. The summed E-state index contributed by atoms with van der Waals surface area (Å²) in [5, 5.41) is 19.3. The maximum Gasteiger partial charge on any atom is 0.328 e. The lowest BCUT2D eigenvalue weighted by atomic mass is 10.0. The smallest absolute Gasteiger partial charge is 0.328 e. The second-order valence-corrected chi connectivity index (χ2v) is 21.1. The molecule has 1 atom stereocenters. The highest BCUT2D eigenvalue weighted by Gasteiger charge is 2.52. The van der Waals surface area contributed by atoms with Gasteiger partial charge in [-0.3, -0.25) is 0 Å². The Hall–Kier alpha value is -4.91. The summed E-state index contributed by atoms with van der Waals surface area (Å²) in [6, 6.07) is 32.4. The van der Waals surface area contributed by atoms with Crippen LogP contribution in [0.4, 0.5) is 19.7 Å². The fourth-order valence-corrected chi connectivity index (χ4v) is 12.4. The number of nitrogens with one attached hydrogen (secondary N) is 2. The van der Waals surface area contributed by atoms with Crippen molar-refractivity contribution < 1.29 is 28.2 Å². The van der Waals surface area contributed by atoms with Gasteiger partial charge in [-0.05, 0) is 77.5 Å². The standard InChI is InChI=1S/C48H66FN5O5Si/c1-5-6-7-8-9-16-31-54(46(50)56)47(57)53-32-28-39(29-33-53)52-38-23-21-37(22-24-38)27-30-51-35-40(55)36-58-41-25-26-45(44(49)34-41)59-60(48(2,3)4,42-17-12-10-13-18-42)43-19-14-11-15-20-43/h10-15,17-26,34,39-40,51-52,55H,5-9,16,27-33,35-36H2,1-4H3,(H2,50,56)/t40-/m0/s1. The van der Waals surface area contributed by atoms with Gasteiger partial charge in [0.15, 0.2) is 5.82 Å². The fourth-order valence-electron chi connectivity index (χ4n) is 7.96. The zero-order valence-electron chi connectivity index (χ0n) is 36.0. The molecule has 10 nitrogen and oxygen atoms in total. The summed E-state index contributed by atoms with van der Waals surface area (Å²) in [5.74, 6) is -0.0222. The average Bonchev–Trinajstić information content (AvgIpc) is 3.24. The third-order valence-electron chi connectivity index (χ3n) is 11.3. The number of urea groups is 2. The van der Waals surface area contributed by atoms with E-state index in [1.165, 1.54) is 30.2 Å². The molecule has 0 radical (unpaired) electrons. The van der Waals surface area contributed by atoms with Gasteiger partial charge in [0.2, 0.25) is 0 Å². The van der Waals surface area contributed by atoms with E-state index >= 15 is 4.39 Å². The number of rotatable bonds is 21. The van der Waals surface area contributed by atoms with Gasteiger partial charge >= 0.3 is 20.4 Å². The number of amides is 4. The van der Waals surface area contributed by atoms with E-state index in [1.54, 1.807) is 17.0 Å². The SMILES string of the molecule is CCCCCCCCN(C(N)=O)C(=O)N1CCC(Nc2ccc(CCNC[C@H](O)COc3ccc(O[Si](c4ccccc4)(c4ccccc4)C(C)(C)C)c(F)c3)cc2)CC1. The Morgan fingerprint density at radius 1 is 0.900 bits per heavy atom. The monoisotopic (exact) mass is 839 g/mol. The summed E-state index contributed by atoms with van der Waals surface area (Å²) in [6.07, 6.45) is 8.00. The molecule has 1 saturated heterocycles. The third kappa shape index (κ3) is 12.8. The van der Waals surface area contributed by atoms with Crippen molar-refractivity contribution in [3.05, 3.63) is 115 Å². The van der Waals surface area contributed by atoms with Crippen molar-refractivity contribution in [1.82, 2.24) is 15.1 Å². The number of ether oxygens (including phenoxy) is 1. The van der Waals surface area contributed by atoms with Crippen LogP contribution < -0.4 is 35.9 Å². The Kier molecular flexibility index (Phi) is 17.4. The van der Waals surface area contributed by atoms with Gasteiger partial charge in [-0.1, -0.05) is 133 Å². The minimum absolute atomic E-state index is 0.0113. The summed E-state index contributed by atoms with van der Waals surface area (Å²) < 4.78 is 28.4. The highest BCUT2D eigenvalue weighted by atomic mass is 28.4. The number of imide groups is 1. The molecular formula is C48H66FN5O5Si. The number of piperidine rings is 1. The minimum atomic E-state index is -3.00. The van der Waals surface area contributed by atoms with Crippen LogP contribution in [-0.2, 0) is 6.42 Å². The van der Waals surface area contributed by atoms with Crippen molar-refractivity contribution in [2.24, 2.45) is 5.73 Å². The lowest BCUT2D eigenvalue weighted by molar-refractivity contribution is 0.106. The van der Waals surface area contributed by atoms with Crippen LogP contribution in [-0.4, -0.2) is 86.8 Å². The molecule has 1 heterocycles. The van der Waals surface area contributed by atoms with Gasteiger partial charge in [-0.15, -0.1) is 0 Å². The number of likely N-dealkylation sites (tertiary alicyclic amines) is 1. The first kappa shape index (κ1) is 46.2. The molecule has 0 aliphatic carbocycles. The van der Waals surface area contributed by atoms with Crippen molar-refractivity contribution >= 4 is 36.4 Å². The molecule has 1 fully saturated rings. The van der Waals surface area contributed by atoms with E-state index in [0.717, 1.165) is 60.1 Å². The molecule has 1 aliphatic rings. The number of nitrogens with zero attached hydrogens (tertiary/aromatic N) is 2. The number of aliphatic hydroxyl groups excluding tert-OH is 1. The first-order valence-corrected chi connectivity index (χ1v) is 23.6. The first-order valence-electron chi connectivity index (χ1n) is 21.7. The molecule has 60 heavy (non-hydrogen) atoms. The van der Waals surface area contributed by atoms with Crippen LogP contribution in [0.2, 0.25) is 5.04 Å². The van der Waals surface area contributed by atoms with Crippen molar-refractivity contribution in [1.29, 1.82) is 0 Å². The number of aliphatic hydroxyl groups is 1. The van der Waals surface area contributed by atoms with Crippen LogP contribution in [0.15, 0.2) is 103 Å². The van der Waals surface area contributed by atoms with Crippen LogP contribution in [0, 0.1) is 5.82 Å². The fraction of sp³-hybridized carbons (Fsp3) is 0.458. The van der Waals surface area contributed by atoms with Gasteiger partial charge < -0.3 is 35.5 Å². The predicted octanol–water partition coefficient (Wildman–Crippen LogP) is 8.07. The highest BCUT2D eigenvalue weighted by Crippen LogP contribution is 2.38. The second-order valence-electron chi connectivity index (χ2n) is 16.9. The Morgan fingerprint density at radius 3 is 2.10 bits per heavy atom. The lowest BCUT2D eigenvalue weighted by Crippen LogP contribution is -2.68. The van der Waals surface area contributed by atoms with Gasteiger partial charge in [0.05, 0.1) is 0 Å². The number of carbonyl (C=O) groups is 2. The predicted molar refractivity (Wildman–Crippen MR) is 242 cm³/mol. The van der Waals surface area contributed by atoms with E-state index in [0.29, 0.717) is 38.5 Å². The van der Waals surface area contributed by atoms with Crippen molar-refractivity contribution in [2.45, 2.75) is 103 Å². The molecule has 4 aromatic carbocycles. The second kappa shape index (κ2) is 22.6. The first-order chi connectivity index (χ1) is 28.9. The van der Waals surface area contributed by atoms with Crippen LogP contribution in [0.25, 0.3) is 0 Å². The molecule has 1 aliphatic heterocycles. The van der Waals surface area contributed by atoms with Crippen LogP contribution >= 0.6 is 0 Å². The Bertz CT molecular complexity index is 1870. The number of hydrogen-bond donors (Lipinski definition) is 4. The quantitative estimate of drug-likeness (QED) is 0.0494. The van der Waals surface area contributed by atoms with Gasteiger partial charge in [-0.25, -0.2) is 18.9 Å². The maximum atomic E-state index is 15.7. The van der Waals surface area contributed by atoms with E-state index in [1.807, 2.05) is 36.4 Å². The van der Waals surface area contributed by atoms with Gasteiger partial charge in [0.25, 0.3) is 0 Å². The van der Waals surface area contributed by atoms with E-state index in [4.69, 9.17) is 14.9 Å². The topological polar surface area (TPSA) is 129 Å². The number of unbranched alkanes of at least 4 members (excludes halogenated alkanes) is 5. The summed E-state index contributed by atoms with van der Waals surface area (Å²) in [5.41, 5.74) is 7.76. The average molecular weight is 840 g/mol. The molecule has 0 spiro atoms. The molecule has 0 saturated carbocycles. The van der Waals surface area contributed by atoms with Crippen LogP contribution in [0.1, 0.15) is 84.6 Å². The number of nitrogens with two attached hydrogens (primary N) is 1. The molecule has 0 unspecified atom stereocenters. The van der Waals surface area contributed by atoms with E-state index in [-0.39, 0.29) is 29.5 Å². The highest BCUT2D eigenvalue weighted by molar-refractivity contribution is 7.00. The zero-order valence-corrected chi connectivity index (χ0v) is 37.0. The summed E-state index contributed by atoms with van der Waals surface area (Å²) in [6.45, 7) is 11.1. The minimum Gasteiger partial charge on any atom is -0.532 e. The van der Waals surface area contributed by atoms with Gasteiger partial charge in [-0.2, -0.15) is 0 Å². The van der Waals surface area contributed by atoms with Crippen LogP contribution in [0.5, 0.6) is 11.5 Å². The Morgan fingerprint density at radius 2 is 1.52 bits per heavy atom. The van der Waals surface area contributed by atoms with Crippen LogP contribution in [0.3, 0.4) is 0 Å². The van der Waals surface area contributed by atoms with E-state index < -0.39 is 26.3 Å². The van der Waals surface area contributed by atoms with E-state index in [2.05, 4.69) is 86.9 Å². The third-order valence-corrected chi connectivity index (χ3v) is 16.2. The molecule has 4 aromatic rings.